The number of carbonyl (C=O) groups is 1. The Hall–Kier alpha value is -0.950. The minimum Gasteiger partial charge on any atom is -0.542 e. The fourth-order valence-electron chi connectivity index (χ4n) is 0.678. The molecule has 0 N–H and O–H groups in total. The minimum atomic E-state index is -1.38. The molecule has 1 aromatic rings. The molecule has 0 fully saturated rings. The number of hydrogen-bond acceptors (Lipinski definition) is 5. The molecule has 0 saturated carbocycles. The minimum absolute atomic E-state index is 0.0297. The first-order chi connectivity index (χ1) is 5.65. The Balaban J connectivity index is 2.99. The van der Waals surface area contributed by atoms with Gasteiger partial charge in [0.05, 0.1) is 0 Å². The lowest BCUT2D eigenvalue weighted by Crippen LogP contribution is -2.27. The van der Waals surface area contributed by atoms with E-state index in [2.05, 4.69) is 30.7 Å². The van der Waals surface area contributed by atoms with Crippen molar-refractivity contribution in [3.63, 3.8) is 0 Å². The van der Waals surface area contributed by atoms with Crippen molar-refractivity contribution in [1.29, 1.82) is 0 Å². The zero-order chi connectivity index (χ0) is 9.14. The van der Waals surface area contributed by atoms with Crippen LogP contribution in [0.15, 0.2) is 4.73 Å². The number of carbonyl (C=O) groups excluding carboxylic acids is 1. The van der Waals surface area contributed by atoms with Crippen molar-refractivity contribution in [2.45, 2.75) is 6.73 Å². The Morgan fingerprint density at radius 2 is 2.50 bits per heavy atom. The van der Waals surface area contributed by atoms with Crippen LogP contribution in [0.25, 0.3) is 0 Å². The zero-order valence-corrected chi connectivity index (χ0v) is 7.74. The fourth-order valence-corrected chi connectivity index (χ4v) is 1.04. The second-order valence-corrected chi connectivity index (χ2v) is 2.62. The third kappa shape index (κ3) is 1.80. The van der Waals surface area contributed by atoms with E-state index in [9.17, 15) is 9.90 Å². The maximum Gasteiger partial charge on any atom is 0.217 e. The van der Waals surface area contributed by atoms with Crippen LogP contribution in [0.4, 0.5) is 0 Å². The standard InChI is InChI=1S/C5H6BrN3O3/c1-12-2-9-3(4(10)11)7-5(6)8-9/h2H2,1H3,(H,10,11)/p-1. The van der Waals surface area contributed by atoms with E-state index < -0.39 is 5.97 Å². The first-order valence-corrected chi connectivity index (χ1v) is 3.75. The van der Waals surface area contributed by atoms with Gasteiger partial charge in [0, 0.05) is 7.11 Å². The van der Waals surface area contributed by atoms with Crippen molar-refractivity contribution in [3.8, 4) is 0 Å². The van der Waals surface area contributed by atoms with Gasteiger partial charge in [-0.2, -0.15) is 4.98 Å². The molecule has 0 radical (unpaired) electrons. The molecular formula is C5H5BrN3O3-. The van der Waals surface area contributed by atoms with Gasteiger partial charge in [-0.05, 0) is 15.9 Å². The van der Waals surface area contributed by atoms with E-state index in [1.54, 1.807) is 0 Å². The van der Waals surface area contributed by atoms with Crippen molar-refractivity contribution in [2.75, 3.05) is 7.11 Å². The molecule has 0 amide bonds. The molecule has 0 unspecified atom stereocenters. The first kappa shape index (κ1) is 9.14. The van der Waals surface area contributed by atoms with Gasteiger partial charge in [-0.25, -0.2) is 4.68 Å². The number of methoxy groups -OCH3 is 1. The van der Waals surface area contributed by atoms with Gasteiger partial charge in [0.15, 0.2) is 5.82 Å². The molecule has 1 rings (SSSR count). The van der Waals surface area contributed by atoms with Gasteiger partial charge in [-0.1, -0.05) is 0 Å². The number of halogens is 1. The van der Waals surface area contributed by atoms with E-state index >= 15 is 0 Å². The van der Waals surface area contributed by atoms with Crippen molar-refractivity contribution >= 4 is 21.9 Å². The van der Waals surface area contributed by atoms with E-state index in [1.807, 2.05) is 0 Å². The molecule has 0 aromatic carbocycles. The summed E-state index contributed by atoms with van der Waals surface area (Å²) in [5, 5.41) is 14.1. The van der Waals surface area contributed by atoms with Crippen LogP contribution in [0.1, 0.15) is 10.6 Å². The number of aromatic carboxylic acids is 1. The SMILES string of the molecule is COCn1nc(Br)nc1C(=O)[O-]. The van der Waals surface area contributed by atoms with Gasteiger partial charge in [-0.15, -0.1) is 5.10 Å². The lowest BCUT2D eigenvalue weighted by molar-refractivity contribution is -0.256. The van der Waals surface area contributed by atoms with Gasteiger partial charge in [0.25, 0.3) is 0 Å². The van der Waals surface area contributed by atoms with Crippen LogP contribution >= 0.6 is 15.9 Å². The number of rotatable bonds is 3. The summed E-state index contributed by atoms with van der Waals surface area (Å²) in [7, 11) is 1.43. The molecule has 0 bridgehead atoms. The summed E-state index contributed by atoms with van der Waals surface area (Å²) in [6, 6.07) is 0. The summed E-state index contributed by atoms with van der Waals surface area (Å²) in [5.41, 5.74) is 0. The van der Waals surface area contributed by atoms with Crippen molar-refractivity contribution in [1.82, 2.24) is 14.8 Å². The number of carboxylic acids is 1. The summed E-state index contributed by atoms with van der Waals surface area (Å²) in [4.78, 5) is 14.0. The Labute approximate surface area is 76.3 Å². The van der Waals surface area contributed by atoms with Crippen molar-refractivity contribution in [2.24, 2.45) is 0 Å². The number of aromatic nitrogens is 3. The fraction of sp³-hybridized carbons (Fsp3) is 0.400. The van der Waals surface area contributed by atoms with Gasteiger partial charge in [0.2, 0.25) is 4.73 Å². The highest BCUT2D eigenvalue weighted by Gasteiger charge is 2.07. The molecule has 1 heterocycles. The maximum absolute atomic E-state index is 10.4. The monoisotopic (exact) mass is 234 g/mol. The molecular weight excluding hydrogens is 230 g/mol. The molecule has 0 aliphatic carbocycles. The zero-order valence-electron chi connectivity index (χ0n) is 6.15. The van der Waals surface area contributed by atoms with E-state index in [0.717, 1.165) is 4.68 Å². The molecule has 0 aliphatic rings. The second kappa shape index (κ2) is 3.63. The molecule has 0 aliphatic heterocycles. The summed E-state index contributed by atoms with van der Waals surface area (Å²) in [6.07, 6.45) is 0. The van der Waals surface area contributed by atoms with Crippen LogP contribution in [0, 0.1) is 0 Å². The van der Waals surface area contributed by atoms with E-state index in [4.69, 9.17) is 0 Å². The summed E-state index contributed by atoms with van der Waals surface area (Å²) in [5.74, 6) is -1.64. The topological polar surface area (TPSA) is 80.1 Å². The summed E-state index contributed by atoms with van der Waals surface area (Å²) >= 11 is 2.93. The third-order valence-electron chi connectivity index (χ3n) is 1.08. The van der Waals surface area contributed by atoms with Crippen LogP contribution in [-0.4, -0.2) is 27.8 Å². The van der Waals surface area contributed by atoms with Gasteiger partial charge in [-0.3, -0.25) is 0 Å². The largest absolute Gasteiger partial charge is 0.542 e. The van der Waals surface area contributed by atoms with E-state index in [1.165, 1.54) is 7.11 Å². The lowest BCUT2D eigenvalue weighted by atomic mass is 10.6. The predicted octanol–water partition coefficient (Wildman–Crippen LogP) is -0.992. The first-order valence-electron chi connectivity index (χ1n) is 2.95. The third-order valence-corrected chi connectivity index (χ3v) is 1.42. The number of hydrogen-bond donors (Lipinski definition) is 0. The molecule has 0 saturated heterocycles. The Morgan fingerprint density at radius 1 is 1.83 bits per heavy atom. The number of carboxylic acid groups (broad SMARTS) is 1. The average molecular weight is 235 g/mol. The highest BCUT2D eigenvalue weighted by molar-refractivity contribution is 9.10. The molecule has 1 aromatic heterocycles. The van der Waals surface area contributed by atoms with Crippen LogP contribution in [0.3, 0.4) is 0 Å². The molecule has 0 spiro atoms. The summed E-state index contributed by atoms with van der Waals surface area (Å²) in [6.45, 7) is 0.0297. The molecule has 12 heavy (non-hydrogen) atoms. The highest BCUT2D eigenvalue weighted by Crippen LogP contribution is 2.04. The number of ether oxygens (including phenoxy) is 1. The van der Waals surface area contributed by atoms with E-state index in [0.29, 0.717) is 0 Å². The lowest BCUT2D eigenvalue weighted by Gasteiger charge is -2.03. The second-order valence-electron chi connectivity index (χ2n) is 1.91. The highest BCUT2D eigenvalue weighted by atomic mass is 79.9. The van der Waals surface area contributed by atoms with Crippen LogP contribution in [0.5, 0.6) is 0 Å². The smallest absolute Gasteiger partial charge is 0.217 e. The normalized spacial score (nSPS) is 10.2. The maximum atomic E-state index is 10.4. The van der Waals surface area contributed by atoms with Gasteiger partial charge in [0.1, 0.15) is 12.7 Å². The van der Waals surface area contributed by atoms with Crippen molar-refractivity contribution < 1.29 is 14.6 Å². The predicted molar refractivity (Wildman–Crippen MR) is 39.1 cm³/mol. The van der Waals surface area contributed by atoms with Gasteiger partial charge >= 0.3 is 0 Å². The molecule has 6 nitrogen and oxygen atoms in total. The van der Waals surface area contributed by atoms with Crippen LogP contribution < -0.4 is 5.11 Å². The Bertz CT molecular complexity index is 298. The molecule has 0 atom stereocenters. The Kier molecular flexibility index (Phi) is 2.77. The Morgan fingerprint density at radius 3 is 3.00 bits per heavy atom. The number of nitrogens with zero attached hydrogens (tertiary/aromatic N) is 3. The van der Waals surface area contributed by atoms with Crippen LogP contribution in [0.2, 0.25) is 0 Å². The molecule has 7 heteroatoms. The quantitative estimate of drug-likeness (QED) is 0.671. The van der Waals surface area contributed by atoms with Crippen molar-refractivity contribution in [3.05, 3.63) is 10.6 Å². The molecule has 66 valence electrons. The average Bonchev–Trinajstić information content (AvgIpc) is 2.32. The van der Waals surface area contributed by atoms with Crippen LogP contribution in [-0.2, 0) is 11.5 Å². The van der Waals surface area contributed by atoms with E-state index in [-0.39, 0.29) is 17.3 Å². The van der Waals surface area contributed by atoms with Gasteiger partial charge < -0.3 is 14.6 Å². The summed E-state index contributed by atoms with van der Waals surface area (Å²) < 4.78 is 5.96.